The number of benzene rings is 3. The van der Waals surface area contributed by atoms with E-state index in [0.717, 1.165) is 15.6 Å². The highest BCUT2D eigenvalue weighted by atomic mass is 79.9. The van der Waals surface area contributed by atoms with E-state index in [-0.39, 0.29) is 17.7 Å². The van der Waals surface area contributed by atoms with E-state index >= 15 is 0 Å². The molecule has 3 aromatic carbocycles. The van der Waals surface area contributed by atoms with Crippen LogP contribution in [0.3, 0.4) is 0 Å². The van der Waals surface area contributed by atoms with Gasteiger partial charge in [0, 0.05) is 10.0 Å². The highest BCUT2D eigenvalue weighted by Crippen LogP contribution is 2.38. The Morgan fingerprint density at radius 1 is 1.00 bits per heavy atom. The van der Waals surface area contributed by atoms with E-state index < -0.39 is 12.0 Å². The third kappa shape index (κ3) is 5.45. The summed E-state index contributed by atoms with van der Waals surface area (Å²) in [6, 6.07) is 19.4. The molecule has 0 unspecified atom stereocenters. The predicted molar refractivity (Wildman–Crippen MR) is 161 cm³/mol. The van der Waals surface area contributed by atoms with Crippen LogP contribution >= 0.6 is 27.3 Å². The summed E-state index contributed by atoms with van der Waals surface area (Å²) in [5.41, 5.74) is 2.55. The van der Waals surface area contributed by atoms with Gasteiger partial charge in [-0.1, -0.05) is 63.7 Å². The first-order valence-corrected chi connectivity index (χ1v) is 14.3. The lowest BCUT2D eigenvalue weighted by Crippen LogP contribution is -2.40. The van der Waals surface area contributed by atoms with Crippen molar-refractivity contribution >= 4 is 45.0 Å². The summed E-state index contributed by atoms with van der Waals surface area (Å²) in [4.78, 5) is 33.1. The Balaban J connectivity index is 1.85. The first kappa shape index (κ1) is 28.4. The normalized spacial score (nSPS) is 14.8. The second-order valence-corrected chi connectivity index (χ2v) is 10.8. The number of esters is 1. The van der Waals surface area contributed by atoms with Crippen molar-refractivity contribution in [2.24, 2.45) is 4.99 Å². The van der Waals surface area contributed by atoms with E-state index in [0.29, 0.717) is 37.8 Å². The number of aromatic nitrogens is 1. The van der Waals surface area contributed by atoms with Crippen LogP contribution in [0, 0.1) is 0 Å². The molecule has 210 valence electrons. The zero-order valence-electron chi connectivity index (χ0n) is 22.8. The van der Waals surface area contributed by atoms with Crippen LogP contribution < -0.4 is 29.1 Å². The Kier molecular flexibility index (Phi) is 8.41. The molecule has 10 heteroatoms. The predicted octanol–water partition coefficient (Wildman–Crippen LogP) is 4.72. The van der Waals surface area contributed by atoms with Gasteiger partial charge in [-0.05, 0) is 54.5 Å². The maximum absolute atomic E-state index is 14.1. The fourth-order valence-corrected chi connectivity index (χ4v) is 6.03. The number of carbonyl (C=O) groups excluding carboxylic acids is 1. The fraction of sp³-hybridized carbons (Fsp3) is 0.194. The van der Waals surface area contributed by atoms with Crippen LogP contribution in [0.1, 0.15) is 29.7 Å². The largest absolute Gasteiger partial charge is 0.497 e. The van der Waals surface area contributed by atoms with Crippen molar-refractivity contribution in [3.05, 3.63) is 113 Å². The van der Waals surface area contributed by atoms with E-state index in [1.165, 1.54) is 18.4 Å². The van der Waals surface area contributed by atoms with Crippen molar-refractivity contribution in [1.29, 1.82) is 0 Å². The number of methoxy groups -OCH3 is 3. The van der Waals surface area contributed by atoms with Gasteiger partial charge in [0.1, 0.15) is 5.75 Å². The average Bonchev–Trinajstić information content (AvgIpc) is 3.31. The molecule has 0 bridgehead atoms. The molecule has 0 fully saturated rings. The molecule has 0 N–H and O–H groups in total. The molecule has 5 rings (SSSR count). The number of nitrogens with zero attached hydrogens (tertiary/aromatic N) is 2. The van der Waals surface area contributed by atoms with Crippen molar-refractivity contribution < 1.29 is 23.7 Å². The highest BCUT2D eigenvalue weighted by molar-refractivity contribution is 9.10. The van der Waals surface area contributed by atoms with Gasteiger partial charge in [0.25, 0.3) is 5.56 Å². The van der Waals surface area contributed by atoms with Crippen LogP contribution in [0.15, 0.2) is 86.6 Å². The molecule has 41 heavy (non-hydrogen) atoms. The van der Waals surface area contributed by atoms with Crippen LogP contribution in [-0.4, -0.2) is 38.5 Å². The molecule has 1 aromatic heterocycles. The van der Waals surface area contributed by atoms with Crippen LogP contribution in [0.5, 0.6) is 17.2 Å². The second-order valence-electron chi connectivity index (χ2n) is 8.93. The third-order valence-electron chi connectivity index (χ3n) is 6.59. The molecule has 2 heterocycles. The lowest BCUT2D eigenvalue weighted by Gasteiger charge is -2.26. The molecule has 8 nitrogen and oxygen atoms in total. The molecular formula is C31H27BrN2O6S. The van der Waals surface area contributed by atoms with E-state index in [9.17, 15) is 9.59 Å². The van der Waals surface area contributed by atoms with Gasteiger partial charge in [-0.25, -0.2) is 9.79 Å². The lowest BCUT2D eigenvalue weighted by atomic mass is 9.93. The highest BCUT2D eigenvalue weighted by Gasteiger charge is 2.35. The zero-order valence-corrected chi connectivity index (χ0v) is 25.2. The van der Waals surface area contributed by atoms with Gasteiger partial charge >= 0.3 is 5.97 Å². The number of rotatable bonds is 8. The van der Waals surface area contributed by atoms with Crippen molar-refractivity contribution in [2.45, 2.75) is 13.0 Å². The first-order chi connectivity index (χ1) is 19.9. The minimum Gasteiger partial charge on any atom is -0.497 e. The summed E-state index contributed by atoms with van der Waals surface area (Å²) in [5, 5.41) is 0. The molecule has 1 aliphatic heterocycles. The van der Waals surface area contributed by atoms with Gasteiger partial charge in [-0.3, -0.25) is 9.36 Å². The average molecular weight is 636 g/mol. The zero-order chi connectivity index (χ0) is 29.1. The standard InChI is InChI=1S/C31H27BrN2O6S/c1-5-40-30(36)26-27(18-9-7-6-8-10-18)33-31-34(28(26)19-11-14-23(38-3)24(16-19)39-4)29(35)25(41-31)17-20-15-21(37-2)12-13-22(20)32/h6-17,28H,5H2,1-4H3/b25-17-/t28-/m0/s1. The Morgan fingerprint density at radius 2 is 1.76 bits per heavy atom. The van der Waals surface area contributed by atoms with Crippen LogP contribution in [0.2, 0.25) is 0 Å². The van der Waals surface area contributed by atoms with Gasteiger partial charge < -0.3 is 18.9 Å². The number of hydrogen-bond acceptors (Lipinski definition) is 8. The quantitative estimate of drug-likeness (QED) is 0.261. The van der Waals surface area contributed by atoms with Crippen LogP contribution in [0.4, 0.5) is 0 Å². The minimum absolute atomic E-state index is 0.164. The Bertz CT molecular complexity index is 1830. The van der Waals surface area contributed by atoms with Gasteiger partial charge in [-0.2, -0.15) is 0 Å². The number of ether oxygens (including phenoxy) is 4. The topological polar surface area (TPSA) is 88.4 Å². The molecule has 0 aliphatic carbocycles. The SMILES string of the molecule is CCOC(=O)C1=C(c2ccccc2)N=c2s/c(=C\c3cc(OC)ccc3Br)c(=O)n2[C@H]1c1ccc(OC)c(OC)c1. The summed E-state index contributed by atoms with van der Waals surface area (Å²) in [6.07, 6.45) is 1.79. The van der Waals surface area contributed by atoms with Crippen molar-refractivity contribution in [3.8, 4) is 17.2 Å². The Morgan fingerprint density at radius 3 is 2.44 bits per heavy atom. The summed E-state index contributed by atoms with van der Waals surface area (Å²) in [5.74, 6) is 1.09. The summed E-state index contributed by atoms with van der Waals surface area (Å²) in [6.45, 7) is 1.91. The smallest absolute Gasteiger partial charge is 0.338 e. The fourth-order valence-electron chi connectivity index (χ4n) is 4.68. The maximum atomic E-state index is 14.1. The summed E-state index contributed by atoms with van der Waals surface area (Å²) < 4.78 is 24.7. The van der Waals surface area contributed by atoms with Gasteiger partial charge in [0.2, 0.25) is 0 Å². The Labute approximate surface area is 248 Å². The molecule has 0 saturated heterocycles. The van der Waals surface area contributed by atoms with Crippen molar-refractivity contribution in [2.75, 3.05) is 27.9 Å². The summed E-state index contributed by atoms with van der Waals surface area (Å²) in [7, 11) is 4.68. The van der Waals surface area contributed by atoms with E-state index in [2.05, 4.69) is 15.9 Å². The number of thiazole rings is 1. The molecule has 4 aromatic rings. The van der Waals surface area contributed by atoms with E-state index in [1.54, 1.807) is 43.9 Å². The number of carbonyl (C=O) groups is 1. The lowest BCUT2D eigenvalue weighted by molar-refractivity contribution is -0.138. The maximum Gasteiger partial charge on any atom is 0.338 e. The van der Waals surface area contributed by atoms with Crippen LogP contribution in [-0.2, 0) is 9.53 Å². The van der Waals surface area contributed by atoms with E-state index in [4.69, 9.17) is 23.9 Å². The van der Waals surface area contributed by atoms with E-state index in [1.807, 2.05) is 54.6 Å². The molecule has 0 saturated carbocycles. The van der Waals surface area contributed by atoms with Gasteiger partial charge in [0.15, 0.2) is 16.3 Å². The van der Waals surface area contributed by atoms with Crippen molar-refractivity contribution in [3.63, 3.8) is 0 Å². The third-order valence-corrected chi connectivity index (χ3v) is 8.29. The molecule has 0 amide bonds. The monoisotopic (exact) mass is 634 g/mol. The second kappa shape index (κ2) is 12.2. The number of fused-ring (bicyclic) bond motifs is 1. The number of hydrogen-bond donors (Lipinski definition) is 0. The summed E-state index contributed by atoms with van der Waals surface area (Å²) >= 11 is 4.81. The molecule has 1 aliphatic rings. The number of halogens is 1. The van der Waals surface area contributed by atoms with Gasteiger partial charge in [0.05, 0.1) is 49.8 Å². The van der Waals surface area contributed by atoms with Crippen molar-refractivity contribution in [1.82, 2.24) is 4.57 Å². The first-order valence-electron chi connectivity index (χ1n) is 12.7. The molecule has 0 radical (unpaired) electrons. The van der Waals surface area contributed by atoms with Crippen LogP contribution in [0.25, 0.3) is 11.8 Å². The molecular weight excluding hydrogens is 608 g/mol. The molecule has 1 atom stereocenters. The molecule has 0 spiro atoms. The Hall–Kier alpha value is -4.15. The minimum atomic E-state index is -0.837. The van der Waals surface area contributed by atoms with Gasteiger partial charge in [-0.15, -0.1) is 0 Å².